The van der Waals surface area contributed by atoms with E-state index in [1.807, 2.05) is 48.5 Å². The number of amides is 1. The number of nitrogens with one attached hydrogen (secondary N) is 2. The van der Waals surface area contributed by atoms with Gasteiger partial charge >= 0.3 is 5.97 Å². The van der Waals surface area contributed by atoms with Gasteiger partial charge in [0.05, 0.1) is 32.0 Å². The maximum Gasteiger partial charge on any atom is 0.304 e. The number of aromatic nitrogens is 2. The van der Waals surface area contributed by atoms with E-state index < -0.39 is 5.97 Å². The Hall–Kier alpha value is -4.77. The number of aliphatic carboxylic acids is 1. The van der Waals surface area contributed by atoms with E-state index in [0.717, 1.165) is 48.3 Å². The first-order chi connectivity index (χ1) is 22.4. The van der Waals surface area contributed by atoms with Crippen LogP contribution in [-0.4, -0.2) is 60.0 Å². The molecule has 1 amide bonds. The van der Waals surface area contributed by atoms with Crippen molar-refractivity contribution in [3.63, 3.8) is 0 Å². The number of hydrogen-bond donors (Lipinski definition) is 3. The number of carbonyl (C=O) groups is 2. The van der Waals surface area contributed by atoms with Crippen molar-refractivity contribution in [2.24, 2.45) is 0 Å². The highest BCUT2D eigenvalue weighted by molar-refractivity contribution is 7.98. The molecule has 5 rings (SSSR count). The zero-order chi connectivity index (χ0) is 32.3. The van der Waals surface area contributed by atoms with Crippen LogP contribution in [0, 0.1) is 0 Å². The molecular weight excluding hydrogens is 602 g/mol. The molecule has 1 aliphatic heterocycles. The molecule has 3 aromatic carbocycles. The van der Waals surface area contributed by atoms with Gasteiger partial charge in [-0.3, -0.25) is 9.59 Å². The molecule has 1 saturated heterocycles. The predicted octanol–water partition coefficient (Wildman–Crippen LogP) is 6.72. The van der Waals surface area contributed by atoms with Crippen LogP contribution >= 0.6 is 11.8 Å². The second kappa shape index (κ2) is 16.0. The summed E-state index contributed by atoms with van der Waals surface area (Å²) < 4.78 is 10.8. The number of thioether (sulfide) groups is 1. The summed E-state index contributed by atoms with van der Waals surface area (Å²) in [6.45, 7) is 2.49. The maximum absolute atomic E-state index is 13.5. The summed E-state index contributed by atoms with van der Waals surface area (Å²) in [6.07, 6.45) is 5.16. The third-order valence-corrected chi connectivity index (χ3v) is 8.79. The second-order valence-corrected chi connectivity index (χ2v) is 12.1. The van der Waals surface area contributed by atoms with Crippen LogP contribution in [0.2, 0.25) is 0 Å². The number of hydrogen-bond acceptors (Lipinski definition) is 9. The summed E-state index contributed by atoms with van der Waals surface area (Å²) in [5.41, 5.74) is 5.71. The summed E-state index contributed by atoms with van der Waals surface area (Å²) in [5, 5.41) is 15.4. The molecule has 0 bridgehead atoms. The van der Waals surface area contributed by atoms with Crippen molar-refractivity contribution in [1.29, 1.82) is 0 Å². The number of ether oxygens (including phenoxy) is 2. The molecule has 0 aliphatic carbocycles. The van der Waals surface area contributed by atoms with Gasteiger partial charge in [-0.2, -0.15) is 11.8 Å². The Kier molecular flexibility index (Phi) is 11.3. The second-order valence-electron chi connectivity index (χ2n) is 11.0. The molecule has 4 aromatic rings. The summed E-state index contributed by atoms with van der Waals surface area (Å²) in [7, 11) is 3.22. The Morgan fingerprint density at radius 1 is 0.913 bits per heavy atom. The highest BCUT2D eigenvalue weighted by atomic mass is 32.2. The van der Waals surface area contributed by atoms with Crippen LogP contribution in [0.15, 0.2) is 73.1 Å². The molecule has 1 aliphatic rings. The quantitative estimate of drug-likeness (QED) is 0.128. The molecule has 2 heterocycles. The Bertz CT molecular complexity index is 1660. The monoisotopic (exact) mass is 641 g/mol. The van der Waals surface area contributed by atoms with Crippen molar-refractivity contribution in [1.82, 2.24) is 9.97 Å². The molecule has 10 nitrogen and oxygen atoms in total. The summed E-state index contributed by atoms with van der Waals surface area (Å²) in [4.78, 5) is 35.8. The van der Waals surface area contributed by atoms with Crippen molar-refractivity contribution >= 4 is 40.8 Å². The minimum atomic E-state index is -0.813. The molecule has 0 spiro atoms. The molecule has 11 heteroatoms. The van der Waals surface area contributed by atoms with Crippen molar-refractivity contribution in [3.05, 3.63) is 89.7 Å². The van der Waals surface area contributed by atoms with Gasteiger partial charge in [-0.1, -0.05) is 18.2 Å². The Balaban J connectivity index is 1.37. The van der Waals surface area contributed by atoms with E-state index in [9.17, 15) is 9.59 Å². The lowest BCUT2D eigenvalue weighted by Gasteiger charge is -2.29. The van der Waals surface area contributed by atoms with E-state index in [2.05, 4.69) is 37.6 Å². The fraction of sp³-hybridized carbons (Fsp3) is 0.314. The standard InChI is InChI=1S/C35H39N5O5S/c1-44-31-12-9-24(18-32(31)45-2)21-36-33-20-30(37-23-38-33)28-19-27(40-14-4-3-5-15-40)10-11-29(28)39-35(43)26-8-6-7-25(17-26)22-46-16-13-34(41)42/h6-12,17-20,23H,3-5,13-16,21-22H2,1-2H3,(H,39,43)(H,41,42)(H,36,37,38). The number of carboxylic acid groups (broad SMARTS) is 1. The number of methoxy groups -OCH3 is 2. The molecule has 240 valence electrons. The van der Waals surface area contributed by atoms with Gasteiger partial charge in [0.15, 0.2) is 11.5 Å². The Morgan fingerprint density at radius 2 is 1.74 bits per heavy atom. The van der Waals surface area contributed by atoms with Gasteiger partial charge in [-0.15, -0.1) is 0 Å². The molecule has 46 heavy (non-hydrogen) atoms. The predicted molar refractivity (Wildman–Crippen MR) is 183 cm³/mol. The maximum atomic E-state index is 13.5. The number of benzene rings is 3. The lowest BCUT2D eigenvalue weighted by molar-refractivity contribution is -0.136. The van der Waals surface area contributed by atoms with Crippen LogP contribution in [-0.2, 0) is 17.1 Å². The lowest BCUT2D eigenvalue weighted by Crippen LogP contribution is -2.29. The van der Waals surface area contributed by atoms with E-state index in [-0.39, 0.29) is 12.3 Å². The van der Waals surface area contributed by atoms with Crippen LogP contribution in [0.4, 0.5) is 17.2 Å². The third kappa shape index (κ3) is 8.69. The lowest BCUT2D eigenvalue weighted by atomic mass is 10.0. The Labute approximate surface area is 273 Å². The first-order valence-corrected chi connectivity index (χ1v) is 16.4. The van der Waals surface area contributed by atoms with Gasteiger partial charge in [0.25, 0.3) is 5.91 Å². The molecular formula is C35H39N5O5S. The fourth-order valence-electron chi connectivity index (χ4n) is 5.33. The van der Waals surface area contributed by atoms with Gasteiger partial charge in [-0.25, -0.2) is 9.97 Å². The van der Waals surface area contributed by atoms with Crippen LogP contribution in [0.5, 0.6) is 11.5 Å². The average molecular weight is 642 g/mol. The molecule has 0 saturated carbocycles. The van der Waals surface area contributed by atoms with E-state index in [1.54, 1.807) is 20.3 Å². The van der Waals surface area contributed by atoms with Crippen molar-refractivity contribution in [2.45, 2.75) is 38.0 Å². The normalized spacial score (nSPS) is 12.8. The fourth-order valence-corrected chi connectivity index (χ4v) is 6.21. The average Bonchev–Trinajstić information content (AvgIpc) is 3.09. The molecule has 1 aromatic heterocycles. The molecule has 3 N–H and O–H groups in total. The van der Waals surface area contributed by atoms with Crippen LogP contribution < -0.4 is 25.0 Å². The summed E-state index contributed by atoms with van der Waals surface area (Å²) >= 11 is 1.53. The molecule has 0 radical (unpaired) electrons. The number of nitrogens with zero attached hydrogens (tertiary/aromatic N) is 3. The van der Waals surface area contributed by atoms with Crippen LogP contribution in [0.25, 0.3) is 11.3 Å². The number of carbonyl (C=O) groups excluding carboxylic acids is 1. The number of piperidine rings is 1. The minimum Gasteiger partial charge on any atom is -0.493 e. The van der Waals surface area contributed by atoms with Crippen molar-refractivity contribution in [2.75, 3.05) is 48.6 Å². The number of anilines is 3. The highest BCUT2D eigenvalue weighted by Gasteiger charge is 2.17. The van der Waals surface area contributed by atoms with Gasteiger partial charge in [0.1, 0.15) is 12.1 Å². The third-order valence-electron chi connectivity index (χ3n) is 7.76. The van der Waals surface area contributed by atoms with Crippen LogP contribution in [0.1, 0.15) is 47.2 Å². The first kappa shape index (κ1) is 32.6. The van der Waals surface area contributed by atoms with Crippen LogP contribution in [0.3, 0.4) is 0 Å². The van der Waals surface area contributed by atoms with E-state index >= 15 is 0 Å². The van der Waals surface area contributed by atoms with E-state index in [0.29, 0.717) is 52.3 Å². The number of rotatable bonds is 14. The Morgan fingerprint density at radius 3 is 2.52 bits per heavy atom. The highest BCUT2D eigenvalue weighted by Crippen LogP contribution is 2.34. The van der Waals surface area contributed by atoms with Crippen molar-refractivity contribution in [3.8, 4) is 22.8 Å². The van der Waals surface area contributed by atoms with Crippen molar-refractivity contribution < 1.29 is 24.2 Å². The van der Waals surface area contributed by atoms with E-state index in [4.69, 9.17) is 14.6 Å². The van der Waals surface area contributed by atoms with Gasteiger partial charge < -0.3 is 30.1 Å². The number of carboxylic acids is 1. The zero-order valence-corrected chi connectivity index (χ0v) is 26.9. The van der Waals surface area contributed by atoms with Gasteiger partial charge in [0.2, 0.25) is 0 Å². The first-order valence-electron chi connectivity index (χ1n) is 15.3. The summed E-state index contributed by atoms with van der Waals surface area (Å²) in [6, 6.07) is 21.2. The molecule has 1 fully saturated rings. The SMILES string of the molecule is COc1ccc(CNc2cc(-c3cc(N4CCCCC4)ccc3NC(=O)c3cccc(CSCCC(=O)O)c3)ncn2)cc1OC. The topological polar surface area (TPSA) is 126 Å². The smallest absolute Gasteiger partial charge is 0.304 e. The van der Waals surface area contributed by atoms with Gasteiger partial charge in [-0.05, 0) is 72.9 Å². The molecule has 0 atom stereocenters. The van der Waals surface area contributed by atoms with Gasteiger partial charge in [0, 0.05) is 54.0 Å². The zero-order valence-electron chi connectivity index (χ0n) is 26.1. The molecule has 0 unspecified atom stereocenters. The minimum absolute atomic E-state index is 0.109. The summed E-state index contributed by atoms with van der Waals surface area (Å²) in [5.74, 6) is 2.07. The largest absolute Gasteiger partial charge is 0.493 e. The van der Waals surface area contributed by atoms with E-state index in [1.165, 1.54) is 24.5 Å².